The summed E-state index contributed by atoms with van der Waals surface area (Å²) in [5.74, 6) is 0. The summed E-state index contributed by atoms with van der Waals surface area (Å²) < 4.78 is 11.7. The maximum atomic E-state index is 6.73. The summed E-state index contributed by atoms with van der Waals surface area (Å²) in [5, 5.41) is 12.5. The fourth-order valence-corrected chi connectivity index (χ4v) is 16.4. The molecule has 0 fully saturated rings. The molecule has 3 heterocycles. The van der Waals surface area contributed by atoms with E-state index >= 15 is 0 Å². The first-order chi connectivity index (χ1) is 34.7. The van der Waals surface area contributed by atoms with Crippen molar-refractivity contribution in [1.29, 1.82) is 0 Å². The number of benzene rings is 11. The van der Waals surface area contributed by atoms with Crippen molar-refractivity contribution in [2.75, 3.05) is 0 Å². The highest BCUT2D eigenvalue weighted by Crippen LogP contribution is 2.44. The monoisotopic (exact) mass is 908 g/mol. The Hall–Kier alpha value is -8.96. The van der Waals surface area contributed by atoms with Crippen molar-refractivity contribution in [2.45, 2.75) is 0 Å². The number of fused-ring (bicyclic) bond motifs is 9. The Labute approximate surface area is 406 Å². The van der Waals surface area contributed by atoms with E-state index in [2.05, 4.69) is 270 Å². The lowest BCUT2D eigenvalue weighted by Gasteiger charge is -2.34. The van der Waals surface area contributed by atoms with E-state index in [9.17, 15) is 0 Å². The van der Waals surface area contributed by atoms with Gasteiger partial charge in [-0.15, -0.1) is 0 Å². The van der Waals surface area contributed by atoms with E-state index in [0.717, 1.165) is 61.0 Å². The fraction of sp³-hybridized carbons (Fsp3) is 0. The van der Waals surface area contributed by atoms with Crippen LogP contribution in [0.2, 0.25) is 0 Å². The van der Waals surface area contributed by atoms with Crippen LogP contribution in [0.1, 0.15) is 0 Å². The second-order valence-corrected chi connectivity index (χ2v) is 22.2. The van der Waals surface area contributed by atoms with E-state index in [0.29, 0.717) is 0 Å². The zero-order chi connectivity index (χ0) is 46.2. The molecule has 0 amide bonds. The van der Waals surface area contributed by atoms with Gasteiger partial charge >= 0.3 is 0 Å². The maximum Gasteiger partial charge on any atom is 0.179 e. The van der Waals surface area contributed by atoms with Crippen LogP contribution in [-0.2, 0) is 0 Å². The quantitative estimate of drug-likeness (QED) is 0.110. The van der Waals surface area contributed by atoms with Crippen LogP contribution in [0.3, 0.4) is 0 Å². The highest BCUT2D eigenvalue weighted by atomic mass is 28.3. The number of nitrogens with zero attached hydrogens (tertiary/aromatic N) is 2. The molecule has 70 heavy (non-hydrogen) atoms. The van der Waals surface area contributed by atoms with Crippen LogP contribution in [0.5, 0.6) is 0 Å². The van der Waals surface area contributed by atoms with Crippen LogP contribution < -0.4 is 20.7 Å². The Bertz CT molecular complexity index is 4190. The van der Waals surface area contributed by atoms with Gasteiger partial charge in [0.05, 0.1) is 22.1 Å². The molecule has 0 saturated heterocycles. The molecule has 0 aliphatic heterocycles. The Morgan fingerprint density at radius 3 is 1.53 bits per heavy atom. The molecular weight excluding hydrogens is 865 g/mol. The molecule has 0 spiro atoms. The van der Waals surface area contributed by atoms with Crippen molar-refractivity contribution in [3.05, 3.63) is 267 Å². The zero-order valence-electron chi connectivity index (χ0n) is 38.2. The average molecular weight is 909 g/mol. The summed E-state index contributed by atoms with van der Waals surface area (Å²) in [6, 6.07) is 98.2. The highest BCUT2D eigenvalue weighted by Gasteiger charge is 2.41. The molecule has 0 unspecified atom stereocenters. The SMILES string of the molecule is c1ccc(-c2ccc3c(c2)c2cccc(-c4cccc5c4oc4ccccc45)c2n3-c2ccc3c(c2)c2ccccc2n3-c2cccc([Si](c3ccccc3)(c3ccccc3)c3ccccc3)c2)cc1. The molecular formula is C66H44N2OSi. The van der Waals surface area contributed by atoms with Crippen LogP contribution in [0.4, 0.5) is 0 Å². The molecule has 3 aromatic heterocycles. The van der Waals surface area contributed by atoms with Gasteiger partial charge in [-0.3, -0.25) is 0 Å². The van der Waals surface area contributed by atoms with Crippen LogP contribution in [0.25, 0.3) is 99.2 Å². The number of furan rings is 1. The van der Waals surface area contributed by atoms with Crippen molar-refractivity contribution in [1.82, 2.24) is 9.13 Å². The van der Waals surface area contributed by atoms with E-state index < -0.39 is 8.07 Å². The summed E-state index contributed by atoms with van der Waals surface area (Å²) >= 11 is 0. The molecule has 14 aromatic rings. The lowest BCUT2D eigenvalue weighted by molar-refractivity contribution is 0.670. The van der Waals surface area contributed by atoms with Crippen molar-refractivity contribution in [3.8, 4) is 33.6 Å². The van der Waals surface area contributed by atoms with Gasteiger partial charge in [0.1, 0.15) is 11.2 Å². The predicted octanol–water partition coefficient (Wildman–Crippen LogP) is 14.5. The minimum Gasteiger partial charge on any atom is -0.455 e. The van der Waals surface area contributed by atoms with Gasteiger partial charge in [0.2, 0.25) is 0 Å². The molecule has 0 saturated carbocycles. The van der Waals surface area contributed by atoms with Gasteiger partial charge in [-0.25, -0.2) is 0 Å². The number of rotatable bonds is 8. The third-order valence-electron chi connectivity index (χ3n) is 14.7. The van der Waals surface area contributed by atoms with Gasteiger partial charge in [0.25, 0.3) is 0 Å². The first-order valence-electron chi connectivity index (χ1n) is 24.1. The molecule has 0 bridgehead atoms. The molecule has 4 heteroatoms. The smallest absolute Gasteiger partial charge is 0.179 e. The molecule has 0 radical (unpaired) electrons. The van der Waals surface area contributed by atoms with Gasteiger partial charge in [-0.05, 0) is 86.5 Å². The van der Waals surface area contributed by atoms with E-state index in [1.807, 2.05) is 6.07 Å². The van der Waals surface area contributed by atoms with Crippen LogP contribution in [0, 0.1) is 0 Å². The normalized spacial score (nSPS) is 12.0. The summed E-state index contributed by atoms with van der Waals surface area (Å²) in [6.07, 6.45) is 0. The Morgan fingerprint density at radius 1 is 0.286 bits per heavy atom. The molecule has 11 aromatic carbocycles. The predicted molar refractivity (Wildman–Crippen MR) is 297 cm³/mol. The largest absolute Gasteiger partial charge is 0.455 e. The second kappa shape index (κ2) is 16.1. The standard InChI is InChI=1S/C66H44N2OSi/c1-5-20-45(21-6-1)46-38-40-63-59(42-46)56-33-18-32-55(58-35-19-34-57-54-31-14-16-37-64(54)69-66(57)58)65(56)68(63)48-39-41-62-60(44-48)53-30-13-15-36-61(53)67(62)47-22-17-29-52(43-47)70(49-23-7-2-8-24-49,50-25-9-3-10-26-50)51-27-11-4-12-28-51/h1-44H. The minimum atomic E-state index is -2.79. The van der Waals surface area contributed by atoms with Crippen LogP contribution in [0.15, 0.2) is 271 Å². The third-order valence-corrected chi connectivity index (χ3v) is 19.4. The molecule has 14 rings (SSSR count). The summed E-state index contributed by atoms with van der Waals surface area (Å²) in [5.41, 5.74) is 13.3. The number of aromatic nitrogens is 2. The topological polar surface area (TPSA) is 23.0 Å². The Kier molecular flexibility index (Phi) is 9.23. The zero-order valence-corrected chi connectivity index (χ0v) is 39.2. The number of para-hydroxylation sites is 4. The number of hydrogen-bond donors (Lipinski definition) is 0. The molecule has 0 N–H and O–H groups in total. The highest BCUT2D eigenvalue weighted by molar-refractivity contribution is 7.19. The second-order valence-electron chi connectivity index (χ2n) is 18.4. The summed E-state index contributed by atoms with van der Waals surface area (Å²) in [4.78, 5) is 0. The van der Waals surface area contributed by atoms with E-state index in [-0.39, 0.29) is 0 Å². The fourth-order valence-electron chi connectivity index (χ4n) is 11.6. The van der Waals surface area contributed by atoms with E-state index in [1.54, 1.807) is 0 Å². The average Bonchev–Trinajstić information content (AvgIpc) is 4.10. The van der Waals surface area contributed by atoms with Crippen LogP contribution in [-0.4, -0.2) is 17.2 Å². The summed E-state index contributed by atoms with van der Waals surface area (Å²) in [7, 11) is -2.79. The van der Waals surface area contributed by atoms with Gasteiger partial charge < -0.3 is 13.6 Å². The van der Waals surface area contributed by atoms with Gasteiger partial charge in [-0.2, -0.15) is 0 Å². The van der Waals surface area contributed by atoms with Crippen molar-refractivity contribution in [3.63, 3.8) is 0 Å². The Morgan fingerprint density at radius 2 is 0.800 bits per heavy atom. The summed E-state index contributed by atoms with van der Waals surface area (Å²) in [6.45, 7) is 0. The third kappa shape index (κ3) is 6.07. The first-order valence-corrected chi connectivity index (χ1v) is 26.1. The first kappa shape index (κ1) is 40.1. The number of hydrogen-bond acceptors (Lipinski definition) is 1. The molecule has 0 aliphatic carbocycles. The molecule has 3 nitrogen and oxygen atoms in total. The van der Waals surface area contributed by atoms with E-state index in [4.69, 9.17) is 4.42 Å². The van der Waals surface area contributed by atoms with Gasteiger partial charge in [0, 0.05) is 54.8 Å². The van der Waals surface area contributed by atoms with Crippen molar-refractivity contribution >= 4 is 94.4 Å². The molecule has 0 atom stereocenters. The molecule has 328 valence electrons. The van der Waals surface area contributed by atoms with E-state index in [1.165, 1.54) is 58.9 Å². The van der Waals surface area contributed by atoms with Crippen molar-refractivity contribution in [2.24, 2.45) is 0 Å². The molecule has 0 aliphatic rings. The lowest BCUT2D eigenvalue weighted by atomic mass is 9.98. The maximum absolute atomic E-state index is 6.73. The van der Waals surface area contributed by atoms with Crippen LogP contribution >= 0.6 is 0 Å². The van der Waals surface area contributed by atoms with Gasteiger partial charge in [-0.1, -0.05) is 212 Å². The van der Waals surface area contributed by atoms with Gasteiger partial charge in [0.15, 0.2) is 8.07 Å². The lowest BCUT2D eigenvalue weighted by Crippen LogP contribution is -2.74. The van der Waals surface area contributed by atoms with Crippen molar-refractivity contribution < 1.29 is 4.42 Å². The Balaban J connectivity index is 1.02. The minimum absolute atomic E-state index is 0.894.